The number of rotatable bonds is 10. The summed E-state index contributed by atoms with van der Waals surface area (Å²) in [6, 6.07) is 17.8. The summed E-state index contributed by atoms with van der Waals surface area (Å²) < 4.78 is 5.00. The lowest BCUT2D eigenvalue weighted by atomic mass is 10.1. The van der Waals surface area contributed by atoms with Gasteiger partial charge in [-0.1, -0.05) is 54.6 Å². The number of methoxy groups -OCH3 is 1. The van der Waals surface area contributed by atoms with Gasteiger partial charge in [-0.15, -0.1) is 0 Å². The molecule has 7 nitrogen and oxygen atoms in total. The zero-order chi connectivity index (χ0) is 25.3. The molecule has 0 saturated carbocycles. The number of carbonyl (C=O) groups excluding carboxylic acids is 1. The average molecular weight is 526 g/mol. The first kappa shape index (κ1) is 26.3. The molecular weight excluding hydrogens is 494 g/mol. The summed E-state index contributed by atoms with van der Waals surface area (Å²) in [5, 5.41) is 4.41. The first-order valence-electron chi connectivity index (χ1n) is 12.2. The summed E-state index contributed by atoms with van der Waals surface area (Å²) >= 11 is 8.00. The van der Waals surface area contributed by atoms with Gasteiger partial charge >= 0.3 is 0 Å². The maximum absolute atomic E-state index is 12.4. The molecule has 9 heteroatoms. The molecule has 2 heterocycles. The zero-order valence-electron chi connectivity index (χ0n) is 20.7. The fraction of sp³-hybridized carbons (Fsp3) is 0.370. The van der Waals surface area contributed by atoms with E-state index < -0.39 is 0 Å². The SMILES string of the molecule is CCc1cc(N2CCN(c3ccccc3Cl)CC2)nc(SCc2cccc(C(=O)NCCOC)c2)n1. The summed E-state index contributed by atoms with van der Waals surface area (Å²) in [6.45, 7) is 6.60. The summed E-state index contributed by atoms with van der Waals surface area (Å²) in [5.41, 5.74) is 3.81. The third-order valence-electron chi connectivity index (χ3n) is 6.05. The van der Waals surface area contributed by atoms with Crippen molar-refractivity contribution in [3.05, 3.63) is 76.4 Å². The van der Waals surface area contributed by atoms with Gasteiger partial charge in [0.2, 0.25) is 0 Å². The van der Waals surface area contributed by atoms with Crippen molar-refractivity contribution >= 4 is 40.8 Å². The highest BCUT2D eigenvalue weighted by Gasteiger charge is 2.21. The fourth-order valence-corrected chi connectivity index (χ4v) is 5.14. The Morgan fingerprint density at radius 2 is 1.83 bits per heavy atom. The largest absolute Gasteiger partial charge is 0.383 e. The van der Waals surface area contributed by atoms with E-state index in [2.05, 4.69) is 34.2 Å². The monoisotopic (exact) mass is 525 g/mol. The maximum atomic E-state index is 12.4. The number of halogens is 1. The number of nitrogens with zero attached hydrogens (tertiary/aromatic N) is 4. The number of aryl methyl sites for hydroxylation is 1. The maximum Gasteiger partial charge on any atom is 0.251 e. The van der Waals surface area contributed by atoms with Crippen LogP contribution in [0.15, 0.2) is 59.8 Å². The molecule has 1 N–H and O–H groups in total. The topological polar surface area (TPSA) is 70.6 Å². The Morgan fingerprint density at radius 3 is 2.58 bits per heavy atom. The van der Waals surface area contributed by atoms with Gasteiger partial charge in [0.05, 0.1) is 17.3 Å². The van der Waals surface area contributed by atoms with E-state index in [9.17, 15) is 4.79 Å². The average Bonchev–Trinajstić information content (AvgIpc) is 2.92. The van der Waals surface area contributed by atoms with Crippen LogP contribution >= 0.6 is 23.4 Å². The number of hydrogen-bond donors (Lipinski definition) is 1. The molecule has 0 atom stereocenters. The molecule has 1 amide bonds. The van der Waals surface area contributed by atoms with Gasteiger partial charge < -0.3 is 19.9 Å². The van der Waals surface area contributed by atoms with Crippen molar-refractivity contribution in [2.24, 2.45) is 0 Å². The third kappa shape index (κ3) is 6.90. The molecular formula is C27H32ClN5O2S. The first-order chi connectivity index (χ1) is 17.6. The number of amides is 1. The van der Waals surface area contributed by atoms with E-state index in [4.69, 9.17) is 26.3 Å². The normalized spacial score (nSPS) is 13.6. The molecule has 1 aliphatic rings. The molecule has 1 aromatic heterocycles. The van der Waals surface area contributed by atoms with E-state index in [-0.39, 0.29) is 5.91 Å². The Hall–Kier alpha value is -2.81. The Labute approximate surface area is 222 Å². The summed E-state index contributed by atoms with van der Waals surface area (Å²) in [6.07, 6.45) is 0.847. The van der Waals surface area contributed by atoms with Crippen molar-refractivity contribution in [3.8, 4) is 0 Å². The number of aromatic nitrogens is 2. The van der Waals surface area contributed by atoms with Gasteiger partial charge in [-0.2, -0.15) is 0 Å². The predicted molar refractivity (Wildman–Crippen MR) is 148 cm³/mol. The molecule has 2 aromatic carbocycles. The number of hydrogen-bond acceptors (Lipinski definition) is 7. The van der Waals surface area contributed by atoms with E-state index in [1.807, 2.05) is 42.5 Å². The van der Waals surface area contributed by atoms with Crippen LogP contribution in [0.4, 0.5) is 11.5 Å². The molecule has 36 heavy (non-hydrogen) atoms. The van der Waals surface area contributed by atoms with E-state index in [1.54, 1.807) is 18.9 Å². The third-order valence-corrected chi connectivity index (χ3v) is 7.29. The van der Waals surface area contributed by atoms with Crippen molar-refractivity contribution in [2.75, 3.05) is 56.2 Å². The number of thioether (sulfide) groups is 1. The minimum atomic E-state index is -0.0960. The zero-order valence-corrected chi connectivity index (χ0v) is 22.3. The molecule has 1 aliphatic heterocycles. The summed E-state index contributed by atoms with van der Waals surface area (Å²) in [4.78, 5) is 26.6. The van der Waals surface area contributed by atoms with Crippen molar-refractivity contribution in [3.63, 3.8) is 0 Å². The quantitative estimate of drug-likeness (QED) is 0.234. The van der Waals surface area contributed by atoms with E-state index >= 15 is 0 Å². The van der Waals surface area contributed by atoms with Crippen molar-refractivity contribution in [2.45, 2.75) is 24.3 Å². The van der Waals surface area contributed by atoms with Crippen LogP contribution in [-0.2, 0) is 16.9 Å². The second kappa shape index (κ2) is 12.9. The van der Waals surface area contributed by atoms with Crippen LogP contribution in [0, 0.1) is 0 Å². The number of piperazine rings is 1. The minimum absolute atomic E-state index is 0.0960. The Bertz CT molecular complexity index is 1170. The summed E-state index contributed by atoms with van der Waals surface area (Å²) in [7, 11) is 1.62. The van der Waals surface area contributed by atoms with Crippen molar-refractivity contribution in [1.82, 2.24) is 15.3 Å². The lowest BCUT2D eigenvalue weighted by molar-refractivity contribution is 0.0937. The first-order valence-corrected chi connectivity index (χ1v) is 13.5. The van der Waals surface area contributed by atoms with Crippen LogP contribution < -0.4 is 15.1 Å². The van der Waals surface area contributed by atoms with E-state index in [0.29, 0.717) is 24.5 Å². The number of carbonyl (C=O) groups is 1. The predicted octanol–water partition coefficient (Wildman–Crippen LogP) is 4.69. The molecule has 190 valence electrons. The molecule has 0 aliphatic carbocycles. The standard InChI is InChI=1S/C27H32ClN5O2S/c1-3-22-18-25(33-14-12-32(13-15-33)24-10-5-4-9-23(24)28)31-27(30-22)36-19-20-7-6-8-21(17-20)26(34)29-11-16-35-2/h4-10,17-18H,3,11-16,19H2,1-2H3,(H,29,34). The molecule has 3 aromatic rings. The van der Waals surface area contributed by atoms with E-state index in [1.165, 1.54) is 0 Å². The smallest absolute Gasteiger partial charge is 0.251 e. The molecule has 0 radical (unpaired) electrons. The Morgan fingerprint density at radius 1 is 1.06 bits per heavy atom. The van der Waals surface area contributed by atoms with Crippen LogP contribution in [0.25, 0.3) is 0 Å². The van der Waals surface area contributed by atoms with Crippen molar-refractivity contribution in [1.29, 1.82) is 0 Å². The molecule has 0 bridgehead atoms. The van der Waals surface area contributed by atoms with Crippen molar-refractivity contribution < 1.29 is 9.53 Å². The second-order valence-corrected chi connectivity index (χ2v) is 9.87. The Balaban J connectivity index is 1.40. The highest BCUT2D eigenvalue weighted by molar-refractivity contribution is 7.98. The number of ether oxygens (including phenoxy) is 1. The molecule has 1 saturated heterocycles. The van der Waals surface area contributed by atoms with Gasteiger partial charge in [0.15, 0.2) is 5.16 Å². The summed E-state index contributed by atoms with van der Waals surface area (Å²) in [5.74, 6) is 1.56. The molecule has 1 fully saturated rings. The molecule has 0 unspecified atom stereocenters. The lowest BCUT2D eigenvalue weighted by Crippen LogP contribution is -2.47. The van der Waals surface area contributed by atoms with Crippen LogP contribution in [-0.4, -0.2) is 62.3 Å². The van der Waals surface area contributed by atoms with Gasteiger partial charge in [-0.05, 0) is 36.2 Å². The van der Waals surface area contributed by atoms with E-state index in [0.717, 1.165) is 65.5 Å². The number of benzene rings is 2. The van der Waals surface area contributed by atoms with Gasteiger partial charge in [0.25, 0.3) is 5.91 Å². The molecule has 0 spiro atoms. The molecule has 4 rings (SSSR count). The lowest BCUT2D eigenvalue weighted by Gasteiger charge is -2.37. The number of nitrogens with one attached hydrogen (secondary N) is 1. The van der Waals surface area contributed by atoms with Gasteiger partial charge in [-0.3, -0.25) is 4.79 Å². The number of anilines is 2. The second-order valence-electron chi connectivity index (χ2n) is 8.52. The highest BCUT2D eigenvalue weighted by atomic mass is 35.5. The Kier molecular flexibility index (Phi) is 9.44. The van der Waals surface area contributed by atoms with Gasteiger partial charge in [0.1, 0.15) is 5.82 Å². The number of para-hydroxylation sites is 1. The van der Waals surface area contributed by atoms with Crippen LogP contribution in [0.5, 0.6) is 0 Å². The van der Waals surface area contributed by atoms with Crippen LogP contribution in [0.3, 0.4) is 0 Å². The van der Waals surface area contributed by atoms with Gasteiger partial charge in [0, 0.05) is 62.9 Å². The fourth-order valence-electron chi connectivity index (χ4n) is 4.07. The minimum Gasteiger partial charge on any atom is -0.383 e. The highest BCUT2D eigenvalue weighted by Crippen LogP contribution is 2.28. The van der Waals surface area contributed by atoms with Crippen LogP contribution in [0.1, 0.15) is 28.5 Å². The van der Waals surface area contributed by atoms with Gasteiger partial charge in [-0.25, -0.2) is 9.97 Å². The van der Waals surface area contributed by atoms with Crippen LogP contribution in [0.2, 0.25) is 5.02 Å².